The second-order valence-electron chi connectivity index (χ2n) is 7.88. The molecule has 7 heteroatoms. The second-order valence-corrected chi connectivity index (χ2v) is 7.88. The van der Waals surface area contributed by atoms with Crippen molar-refractivity contribution in [3.05, 3.63) is 107 Å². The van der Waals surface area contributed by atoms with Crippen LogP contribution in [0.1, 0.15) is 27.3 Å². The van der Waals surface area contributed by atoms with Crippen molar-refractivity contribution in [1.82, 2.24) is 20.6 Å². The molecule has 3 aromatic carbocycles. The number of hydrogen-bond donors (Lipinski definition) is 3. The number of nitrogens with one attached hydrogen (secondary N) is 3. The minimum Gasteiger partial charge on any atom is -0.489 e. The number of carbonyl (C=O) groups excluding carboxylic acids is 1. The average molecular weight is 450 g/mol. The lowest BCUT2D eigenvalue weighted by molar-refractivity contribution is 0.0950. The first-order valence-electron chi connectivity index (χ1n) is 10.9. The predicted octanol–water partition coefficient (Wildman–Crippen LogP) is 5.21. The number of amides is 1. The van der Waals surface area contributed by atoms with Crippen LogP contribution < -0.4 is 10.2 Å². The summed E-state index contributed by atoms with van der Waals surface area (Å²) < 4.78 is 5.90. The molecule has 0 fully saturated rings. The van der Waals surface area contributed by atoms with Crippen molar-refractivity contribution in [2.24, 2.45) is 5.10 Å². The van der Waals surface area contributed by atoms with E-state index in [4.69, 9.17) is 4.74 Å². The molecule has 0 bridgehead atoms. The second kappa shape index (κ2) is 9.46. The molecule has 2 aromatic heterocycles. The monoisotopic (exact) mass is 449 g/mol. The third-order valence-corrected chi connectivity index (χ3v) is 5.50. The van der Waals surface area contributed by atoms with Crippen molar-refractivity contribution in [3.63, 3.8) is 0 Å². The Kier molecular flexibility index (Phi) is 5.90. The molecule has 0 saturated heterocycles. The molecule has 0 radical (unpaired) electrons. The summed E-state index contributed by atoms with van der Waals surface area (Å²) in [7, 11) is 0. The van der Waals surface area contributed by atoms with Crippen LogP contribution in [0, 0.1) is 6.92 Å². The van der Waals surface area contributed by atoms with Gasteiger partial charge in [-0.3, -0.25) is 9.89 Å². The van der Waals surface area contributed by atoms with E-state index in [2.05, 4.69) is 25.7 Å². The Bertz CT molecular complexity index is 1470. The Balaban J connectivity index is 1.25. The predicted molar refractivity (Wildman–Crippen MR) is 133 cm³/mol. The molecule has 0 atom stereocenters. The maximum Gasteiger partial charge on any atom is 0.289 e. The molecule has 34 heavy (non-hydrogen) atoms. The van der Waals surface area contributed by atoms with Crippen LogP contribution in [0.2, 0.25) is 0 Å². The van der Waals surface area contributed by atoms with Crippen LogP contribution in [-0.4, -0.2) is 27.3 Å². The molecule has 0 spiro atoms. The molecule has 5 rings (SSSR count). The summed E-state index contributed by atoms with van der Waals surface area (Å²) in [5, 5.41) is 12.3. The molecule has 1 amide bonds. The molecule has 0 saturated carbocycles. The average Bonchev–Trinajstić information content (AvgIpc) is 3.49. The van der Waals surface area contributed by atoms with Gasteiger partial charge in [-0.05, 0) is 36.8 Å². The summed E-state index contributed by atoms with van der Waals surface area (Å²) in [4.78, 5) is 15.9. The minimum absolute atomic E-state index is 0.318. The first-order valence-corrected chi connectivity index (χ1v) is 10.9. The number of benzene rings is 3. The van der Waals surface area contributed by atoms with Gasteiger partial charge in [-0.25, -0.2) is 5.43 Å². The molecular formula is C27H23N5O2. The maximum atomic E-state index is 12.6. The van der Waals surface area contributed by atoms with Gasteiger partial charge in [0.05, 0.1) is 11.9 Å². The van der Waals surface area contributed by atoms with Gasteiger partial charge in [-0.1, -0.05) is 60.7 Å². The van der Waals surface area contributed by atoms with E-state index in [1.807, 2.05) is 85.8 Å². The highest BCUT2D eigenvalue weighted by Gasteiger charge is 2.12. The van der Waals surface area contributed by atoms with E-state index in [9.17, 15) is 4.79 Å². The molecule has 0 aliphatic carbocycles. The fourth-order valence-corrected chi connectivity index (χ4v) is 3.75. The number of aromatic nitrogens is 3. The Morgan fingerprint density at radius 1 is 1.03 bits per heavy atom. The fraction of sp³-hybridized carbons (Fsp3) is 0.0741. The number of hydrogen-bond acceptors (Lipinski definition) is 4. The highest BCUT2D eigenvalue weighted by atomic mass is 16.5. The number of ether oxygens (including phenoxy) is 1. The molecule has 168 valence electrons. The van der Waals surface area contributed by atoms with Crippen molar-refractivity contribution in [3.8, 4) is 17.0 Å². The summed E-state index contributed by atoms with van der Waals surface area (Å²) in [6.07, 6.45) is 1.65. The lowest BCUT2D eigenvalue weighted by atomic mass is 10.1. The fourth-order valence-electron chi connectivity index (χ4n) is 3.75. The van der Waals surface area contributed by atoms with Gasteiger partial charge >= 0.3 is 0 Å². The van der Waals surface area contributed by atoms with Gasteiger partial charge in [0.25, 0.3) is 5.91 Å². The van der Waals surface area contributed by atoms with Gasteiger partial charge < -0.3 is 9.72 Å². The van der Waals surface area contributed by atoms with E-state index < -0.39 is 0 Å². The largest absolute Gasteiger partial charge is 0.489 e. The summed E-state index contributed by atoms with van der Waals surface area (Å²) in [5.74, 6) is 0.359. The lowest BCUT2D eigenvalue weighted by Crippen LogP contribution is -2.18. The highest BCUT2D eigenvalue weighted by molar-refractivity contribution is 6.01. The summed E-state index contributed by atoms with van der Waals surface area (Å²) >= 11 is 0. The number of fused-ring (bicyclic) bond motifs is 1. The molecule has 7 nitrogen and oxygen atoms in total. The van der Waals surface area contributed by atoms with Gasteiger partial charge in [0, 0.05) is 27.7 Å². The Labute approximate surface area is 196 Å². The normalized spacial score (nSPS) is 11.2. The smallest absolute Gasteiger partial charge is 0.289 e. The molecule has 0 aliphatic rings. The number of aryl methyl sites for hydroxylation is 1. The van der Waals surface area contributed by atoms with Gasteiger partial charge in [-0.15, -0.1) is 0 Å². The molecule has 3 N–H and O–H groups in total. The maximum absolute atomic E-state index is 12.6. The number of carbonyl (C=O) groups is 1. The zero-order valence-electron chi connectivity index (χ0n) is 18.6. The van der Waals surface area contributed by atoms with E-state index in [-0.39, 0.29) is 5.91 Å². The summed E-state index contributed by atoms with van der Waals surface area (Å²) in [5.41, 5.74) is 8.42. The first kappa shape index (κ1) is 21.2. The quantitative estimate of drug-likeness (QED) is 0.235. The van der Waals surface area contributed by atoms with Crippen LogP contribution in [-0.2, 0) is 6.61 Å². The van der Waals surface area contributed by atoms with Crippen LogP contribution >= 0.6 is 0 Å². The topological polar surface area (TPSA) is 95.2 Å². The van der Waals surface area contributed by atoms with Crippen LogP contribution in [0.25, 0.3) is 22.2 Å². The minimum atomic E-state index is -0.371. The summed E-state index contributed by atoms with van der Waals surface area (Å²) in [6, 6.07) is 27.3. The van der Waals surface area contributed by atoms with E-state index in [0.29, 0.717) is 18.0 Å². The molecule has 0 unspecified atom stereocenters. The van der Waals surface area contributed by atoms with E-state index >= 15 is 0 Å². The Morgan fingerprint density at radius 2 is 1.85 bits per heavy atom. The number of nitrogens with zero attached hydrogens (tertiary/aromatic N) is 2. The molecular weight excluding hydrogens is 426 g/mol. The third kappa shape index (κ3) is 4.59. The standard InChI is InChI=1S/C27H23N5O2/c1-18-23(22-12-5-6-13-24(22)29-18)16-28-32-27(33)26-15-25(30-31-26)20-10-7-11-21(14-20)34-17-19-8-3-2-4-9-19/h2-16,29H,17H2,1H3,(H,30,31)(H,32,33)/b28-16-. The van der Waals surface area contributed by atoms with Gasteiger partial charge in [0.2, 0.25) is 0 Å². The number of rotatable bonds is 7. The Morgan fingerprint density at radius 3 is 2.74 bits per heavy atom. The van der Waals surface area contributed by atoms with Crippen molar-refractivity contribution >= 4 is 23.0 Å². The first-order chi connectivity index (χ1) is 16.7. The Hall–Kier alpha value is -4.65. The SMILES string of the molecule is Cc1[nH]c2ccccc2c1/C=N\NC(=O)c1cc(-c2cccc(OCc3ccccc3)c2)n[nH]1. The number of hydrazone groups is 1. The van der Waals surface area contributed by atoms with Crippen LogP contribution in [0.4, 0.5) is 0 Å². The number of H-pyrrole nitrogens is 2. The molecule has 5 aromatic rings. The van der Waals surface area contributed by atoms with Crippen molar-refractivity contribution in [1.29, 1.82) is 0 Å². The zero-order chi connectivity index (χ0) is 23.3. The lowest BCUT2D eigenvalue weighted by Gasteiger charge is -2.07. The molecule has 0 aliphatic heterocycles. The van der Waals surface area contributed by atoms with Crippen LogP contribution in [0.5, 0.6) is 5.75 Å². The van der Waals surface area contributed by atoms with Crippen molar-refractivity contribution < 1.29 is 9.53 Å². The highest BCUT2D eigenvalue weighted by Crippen LogP contribution is 2.24. The van der Waals surface area contributed by atoms with Gasteiger partial charge in [0.15, 0.2) is 0 Å². The zero-order valence-corrected chi connectivity index (χ0v) is 18.6. The van der Waals surface area contributed by atoms with E-state index in [1.165, 1.54) is 0 Å². The van der Waals surface area contributed by atoms with Crippen LogP contribution in [0.15, 0.2) is 90.0 Å². The summed E-state index contributed by atoms with van der Waals surface area (Å²) in [6.45, 7) is 2.45. The molecule has 2 heterocycles. The van der Waals surface area contributed by atoms with Crippen LogP contribution in [0.3, 0.4) is 0 Å². The van der Waals surface area contributed by atoms with Crippen molar-refractivity contribution in [2.45, 2.75) is 13.5 Å². The van der Waals surface area contributed by atoms with E-state index in [1.54, 1.807) is 12.3 Å². The van der Waals surface area contributed by atoms with Crippen molar-refractivity contribution in [2.75, 3.05) is 0 Å². The number of para-hydroxylation sites is 1. The third-order valence-electron chi connectivity index (χ3n) is 5.50. The van der Waals surface area contributed by atoms with E-state index in [0.717, 1.165) is 39.0 Å². The van der Waals surface area contributed by atoms with Gasteiger partial charge in [0.1, 0.15) is 18.1 Å². The number of aromatic amines is 2. The van der Waals surface area contributed by atoms with Gasteiger partial charge in [-0.2, -0.15) is 10.2 Å².